The molecule has 0 aliphatic rings. The molecule has 1 heterocycles. The predicted octanol–water partition coefficient (Wildman–Crippen LogP) is 2.94. The molecular formula is C15H21N3O. The molecule has 0 bridgehead atoms. The van der Waals surface area contributed by atoms with E-state index in [0.717, 1.165) is 22.3 Å². The van der Waals surface area contributed by atoms with Crippen LogP contribution in [0.25, 0.3) is 11.0 Å². The summed E-state index contributed by atoms with van der Waals surface area (Å²) in [4.78, 5) is 4.39. The monoisotopic (exact) mass is 259 g/mol. The van der Waals surface area contributed by atoms with E-state index in [1.807, 2.05) is 52.0 Å². The fourth-order valence-electron chi connectivity index (χ4n) is 2.01. The van der Waals surface area contributed by atoms with E-state index in [2.05, 4.69) is 10.3 Å². The summed E-state index contributed by atoms with van der Waals surface area (Å²) in [6.45, 7) is 8.63. The lowest BCUT2D eigenvalue weighted by Crippen LogP contribution is -2.44. The standard InChI is InChI=1S/C15H21N3O/c1-10-12(9-17-14(16)18-15(2,3)4)11-7-5-6-8-13(11)19-10/h5-8H,9H2,1-4H3,(H3,16,17,18). The molecule has 0 aliphatic heterocycles. The maximum atomic E-state index is 5.88. The Morgan fingerprint density at radius 1 is 1.32 bits per heavy atom. The minimum Gasteiger partial charge on any atom is -0.461 e. The molecule has 2 aromatic rings. The van der Waals surface area contributed by atoms with Crippen LogP contribution in [0.4, 0.5) is 0 Å². The second-order valence-corrected chi connectivity index (χ2v) is 5.71. The van der Waals surface area contributed by atoms with Crippen molar-refractivity contribution >= 4 is 16.9 Å². The highest BCUT2D eigenvalue weighted by Crippen LogP contribution is 2.25. The Kier molecular flexibility index (Phi) is 3.51. The van der Waals surface area contributed by atoms with Crippen LogP contribution in [-0.4, -0.2) is 11.5 Å². The molecule has 0 unspecified atom stereocenters. The van der Waals surface area contributed by atoms with Crippen molar-refractivity contribution in [1.29, 1.82) is 0 Å². The van der Waals surface area contributed by atoms with Gasteiger partial charge in [0.2, 0.25) is 0 Å². The zero-order valence-corrected chi connectivity index (χ0v) is 11.9. The molecule has 0 aliphatic carbocycles. The van der Waals surface area contributed by atoms with Gasteiger partial charge in [0.1, 0.15) is 11.3 Å². The quantitative estimate of drug-likeness (QED) is 0.644. The normalized spacial score (nSPS) is 12.9. The van der Waals surface area contributed by atoms with E-state index in [1.165, 1.54) is 0 Å². The lowest BCUT2D eigenvalue weighted by atomic mass is 10.1. The summed E-state index contributed by atoms with van der Waals surface area (Å²) in [5, 5.41) is 4.25. The van der Waals surface area contributed by atoms with Crippen molar-refractivity contribution in [2.75, 3.05) is 0 Å². The average Bonchev–Trinajstić information content (AvgIpc) is 2.60. The summed E-state index contributed by atoms with van der Waals surface area (Å²) >= 11 is 0. The van der Waals surface area contributed by atoms with Crippen molar-refractivity contribution in [2.45, 2.75) is 39.8 Å². The van der Waals surface area contributed by atoms with E-state index in [9.17, 15) is 0 Å². The van der Waals surface area contributed by atoms with E-state index >= 15 is 0 Å². The molecule has 3 N–H and O–H groups in total. The first kappa shape index (κ1) is 13.5. The van der Waals surface area contributed by atoms with Gasteiger partial charge in [-0.05, 0) is 33.8 Å². The van der Waals surface area contributed by atoms with Crippen molar-refractivity contribution in [3.8, 4) is 0 Å². The molecule has 2 rings (SSSR count). The van der Waals surface area contributed by atoms with Gasteiger partial charge in [0.15, 0.2) is 5.96 Å². The summed E-state index contributed by atoms with van der Waals surface area (Å²) in [5.41, 5.74) is 7.78. The number of hydrogen-bond donors (Lipinski definition) is 2. The lowest BCUT2D eigenvalue weighted by molar-refractivity contribution is 0.508. The molecular weight excluding hydrogens is 238 g/mol. The number of benzene rings is 1. The van der Waals surface area contributed by atoms with Crippen LogP contribution >= 0.6 is 0 Å². The Morgan fingerprint density at radius 2 is 2.00 bits per heavy atom. The van der Waals surface area contributed by atoms with Crippen LogP contribution in [0.15, 0.2) is 33.7 Å². The maximum Gasteiger partial charge on any atom is 0.189 e. The van der Waals surface area contributed by atoms with Crippen LogP contribution < -0.4 is 11.1 Å². The molecule has 0 fully saturated rings. The van der Waals surface area contributed by atoms with Crippen molar-refractivity contribution in [1.82, 2.24) is 5.32 Å². The Morgan fingerprint density at radius 3 is 2.68 bits per heavy atom. The number of rotatable bonds is 2. The van der Waals surface area contributed by atoms with Crippen molar-refractivity contribution < 1.29 is 4.42 Å². The number of para-hydroxylation sites is 1. The summed E-state index contributed by atoms with van der Waals surface area (Å²) in [6.07, 6.45) is 0. The van der Waals surface area contributed by atoms with Gasteiger partial charge in [-0.25, -0.2) is 4.99 Å². The van der Waals surface area contributed by atoms with Gasteiger partial charge in [-0.2, -0.15) is 0 Å². The number of aliphatic imine (C=N–C) groups is 1. The van der Waals surface area contributed by atoms with Gasteiger partial charge in [0, 0.05) is 16.5 Å². The second kappa shape index (κ2) is 4.96. The minimum atomic E-state index is -0.0822. The molecule has 1 aromatic heterocycles. The smallest absolute Gasteiger partial charge is 0.189 e. The highest BCUT2D eigenvalue weighted by Gasteiger charge is 2.12. The molecule has 0 radical (unpaired) electrons. The van der Waals surface area contributed by atoms with Crippen LogP contribution in [-0.2, 0) is 6.54 Å². The van der Waals surface area contributed by atoms with Crippen molar-refractivity contribution in [3.05, 3.63) is 35.6 Å². The zero-order chi connectivity index (χ0) is 14.0. The summed E-state index contributed by atoms with van der Waals surface area (Å²) < 4.78 is 5.70. The van der Waals surface area contributed by atoms with Crippen LogP contribution in [0, 0.1) is 6.92 Å². The van der Waals surface area contributed by atoms with Crippen molar-refractivity contribution in [3.63, 3.8) is 0 Å². The third-order valence-corrected chi connectivity index (χ3v) is 2.81. The van der Waals surface area contributed by atoms with Gasteiger partial charge < -0.3 is 15.5 Å². The molecule has 0 spiro atoms. The van der Waals surface area contributed by atoms with Gasteiger partial charge in [0.05, 0.1) is 6.54 Å². The largest absolute Gasteiger partial charge is 0.461 e. The fraction of sp³-hybridized carbons (Fsp3) is 0.400. The maximum absolute atomic E-state index is 5.88. The van der Waals surface area contributed by atoms with E-state index in [4.69, 9.17) is 10.2 Å². The van der Waals surface area contributed by atoms with Crippen molar-refractivity contribution in [2.24, 2.45) is 10.7 Å². The number of hydrogen-bond acceptors (Lipinski definition) is 2. The van der Waals surface area contributed by atoms with Gasteiger partial charge in [-0.15, -0.1) is 0 Å². The third-order valence-electron chi connectivity index (χ3n) is 2.81. The van der Waals surface area contributed by atoms with Crippen LogP contribution in [0.5, 0.6) is 0 Å². The molecule has 19 heavy (non-hydrogen) atoms. The first-order valence-corrected chi connectivity index (χ1v) is 6.42. The Hall–Kier alpha value is -1.97. The number of furan rings is 1. The molecule has 0 saturated carbocycles. The number of nitrogens with two attached hydrogens (primary N) is 1. The number of nitrogens with zero attached hydrogens (tertiary/aromatic N) is 1. The minimum absolute atomic E-state index is 0.0822. The molecule has 0 amide bonds. The number of fused-ring (bicyclic) bond motifs is 1. The molecule has 4 heteroatoms. The van der Waals surface area contributed by atoms with E-state index < -0.39 is 0 Å². The predicted molar refractivity (Wildman–Crippen MR) is 79.2 cm³/mol. The van der Waals surface area contributed by atoms with Gasteiger partial charge in [-0.3, -0.25) is 0 Å². The van der Waals surface area contributed by atoms with E-state index in [0.29, 0.717) is 12.5 Å². The molecule has 0 saturated heterocycles. The van der Waals surface area contributed by atoms with Gasteiger partial charge in [-0.1, -0.05) is 18.2 Å². The number of nitrogens with one attached hydrogen (secondary N) is 1. The molecule has 102 valence electrons. The number of guanidine groups is 1. The first-order valence-electron chi connectivity index (χ1n) is 6.42. The lowest BCUT2D eigenvalue weighted by Gasteiger charge is -2.20. The topological polar surface area (TPSA) is 63.5 Å². The Bertz CT molecular complexity index is 605. The van der Waals surface area contributed by atoms with E-state index in [-0.39, 0.29) is 5.54 Å². The van der Waals surface area contributed by atoms with Crippen LogP contribution in [0.1, 0.15) is 32.1 Å². The number of aryl methyl sites for hydroxylation is 1. The third kappa shape index (κ3) is 3.28. The molecule has 0 atom stereocenters. The van der Waals surface area contributed by atoms with Gasteiger partial charge >= 0.3 is 0 Å². The Balaban J connectivity index is 2.22. The van der Waals surface area contributed by atoms with Crippen LogP contribution in [0.3, 0.4) is 0 Å². The fourth-order valence-corrected chi connectivity index (χ4v) is 2.01. The molecule has 4 nitrogen and oxygen atoms in total. The average molecular weight is 259 g/mol. The first-order chi connectivity index (χ1) is 8.87. The summed E-state index contributed by atoms with van der Waals surface area (Å²) in [6, 6.07) is 7.98. The SMILES string of the molecule is Cc1oc2ccccc2c1CN=C(N)NC(C)(C)C. The second-order valence-electron chi connectivity index (χ2n) is 5.71. The van der Waals surface area contributed by atoms with Crippen LogP contribution in [0.2, 0.25) is 0 Å². The highest BCUT2D eigenvalue weighted by atomic mass is 16.3. The van der Waals surface area contributed by atoms with E-state index in [1.54, 1.807) is 0 Å². The summed E-state index contributed by atoms with van der Waals surface area (Å²) in [7, 11) is 0. The zero-order valence-electron chi connectivity index (χ0n) is 11.9. The highest BCUT2D eigenvalue weighted by molar-refractivity contribution is 5.83. The van der Waals surface area contributed by atoms with Gasteiger partial charge in [0.25, 0.3) is 0 Å². The summed E-state index contributed by atoms with van der Waals surface area (Å²) in [5.74, 6) is 1.35. The molecule has 1 aromatic carbocycles. The Labute approximate surface area is 113 Å².